The highest BCUT2D eigenvalue weighted by Gasteiger charge is 2.07. The zero-order valence-electron chi connectivity index (χ0n) is 19.4. The molecule has 1 amide bonds. The first-order chi connectivity index (χ1) is 17.1. The summed E-state index contributed by atoms with van der Waals surface area (Å²) < 4.78 is 13.2. The minimum absolute atomic E-state index is 0.104. The summed E-state index contributed by atoms with van der Waals surface area (Å²) in [4.78, 5) is 28.5. The largest absolute Gasteiger partial charge is 0.489 e. The predicted octanol–water partition coefficient (Wildman–Crippen LogP) is 4.85. The molecule has 0 aliphatic carbocycles. The molecule has 0 atom stereocenters. The Kier molecular flexibility index (Phi) is 6.30. The molecule has 0 aliphatic rings. The average Bonchev–Trinajstić information content (AvgIpc) is 3.28. The molecule has 3 aromatic carbocycles. The molecule has 0 aliphatic heterocycles. The summed E-state index contributed by atoms with van der Waals surface area (Å²) in [7, 11) is 0. The molecule has 0 unspecified atom stereocenters. The Morgan fingerprint density at radius 3 is 2.74 bits per heavy atom. The van der Waals surface area contributed by atoms with E-state index >= 15 is 0 Å². The van der Waals surface area contributed by atoms with Crippen molar-refractivity contribution < 1.29 is 13.9 Å². The number of amides is 1. The number of aryl methyl sites for hydroxylation is 2. The molecule has 1 N–H and O–H groups in total. The summed E-state index contributed by atoms with van der Waals surface area (Å²) in [5.74, 6) is 0.506. The number of nitrogens with one attached hydrogen (secondary N) is 1. The second-order valence-electron chi connectivity index (χ2n) is 8.43. The van der Waals surface area contributed by atoms with Gasteiger partial charge in [0.25, 0.3) is 5.91 Å². The van der Waals surface area contributed by atoms with Gasteiger partial charge in [0.15, 0.2) is 0 Å². The van der Waals surface area contributed by atoms with Crippen molar-refractivity contribution in [2.45, 2.75) is 26.5 Å². The van der Waals surface area contributed by atoms with Crippen molar-refractivity contribution in [3.8, 4) is 5.75 Å². The van der Waals surface area contributed by atoms with Crippen molar-refractivity contribution in [2.24, 2.45) is 0 Å². The summed E-state index contributed by atoms with van der Waals surface area (Å²) in [6.45, 7) is 3.57. The molecule has 7 nitrogen and oxygen atoms in total. The van der Waals surface area contributed by atoms with Gasteiger partial charge in [-0.25, -0.2) is 9.78 Å². The molecule has 0 spiro atoms. The van der Waals surface area contributed by atoms with Crippen LogP contribution < -0.4 is 15.7 Å². The van der Waals surface area contributed by atoms with Crippen LogP contribution in [0.4, 0.5) is 0 Å². The van der Waals surface area contributed by atoms with E-state index in [0.717, 1.165) is 40.5 Å². The van der Waals surface area contributed by atoms with E-state index in [2.05, 4.69) is 14.9 Å². The number of rotatable bonds is 8. The number of benzene rings is 3. The molecule has 0 fully saturated rings. The van der Waals surface area contributed by atoms with E-state index in [1.165, 1.54) is 6.07 Å². The highest BCUT2D eigenvalue weighted by atomic mass is 16.5. The second-order valence-corrected chi connectivity index (χ2v) is 8.43. The molecule has 7 heteroatoms. The summed E-state index contributed by atoms with van der Waals surface area (Å²) >= 11 is 0. The molecule has 0 saturated heterocycles. The molecule has 35 heavy (non-hydrogen) atoms. The van der Waals surface area contributed by atoms with Gasteiger partial charge in [-0.3, -0.25) is 4.79 Å². The maximum Gasteiger partial charge on any atom is 0.336 e. The number of aromatic nitrogens is 2. The number of carbonyl (C=O) groups is 1. The lowest BCUT2D eigenvalue weighted by molar-refractivity contribution is 0.0952. The van der Waals surface area contributed by atoms with Gasteiger partial charge in [-0.1, -0.05) is 24.3 Å². The average molecular weight is 468 g/mol. The molecule has 176 valence electrons. The van der Waals surface area contributed by atoms with E-state index in [0.29, 0.717) is 30.0 Å². The van der Waals surface area contributed by atoms with Crippen LogP contribution in [0, 0.1) is 6.92 Å². The van der Waals surface area contributed by atoms with Crippen molar-refractivity contribution in [1.82, 2.24) is 14.9 Å². The van der Waals surface area contributed by atoms with Gasteiger partial charge in [0.2, 0.25) is 0 Å². The van der Waals surface area contributed by atoms with Gasteiger partial charge >= 0.3 is 5.63 Å². The topological polar surface area (TPSA) is 86.4 Å². The normalized spacial score (nSPS) is 11.1. The third-order valence-electron chi connectivity index (χ3n) is 5.93. The van der Waals surface area contributed by atoms with Crippen LogP contribution in [0.25, 0.3) is 22.0 Å². The molecule has 0 radical (unpaired) electrons. The van der Waals surface area contributed by atoms with Crippen LogP contribution in [0.1, 0.15) is 27.9 Å². The molecule has 0 bridgehead atoms. The van der Waals surface area contributed by atoms with Crippen molar-refractivity contribution in [2.75, 3.05) is 6.54 Å². The SMILES string of the molecule is Cc1cc(=O)oc2cc(OCc3ccc(C(=O)NCCCn4cnc5ccccc54)cc3)ccc12. The molecule has 0 saturated carbocycles. The van der Waals surface area contributed by atoms with Gasteiger partial charge in [-0.2, -0.15) is 0 Å². The van der Waals surface area contributed by atoms with E-state index in [9.17, 15) is 9.59 Å². The summed E-state index contributed by atoms with van der Waals surface area (Å²) in [6.07, 6.45) is 2.64. The molecule has 2 heterocycles. The van der Waals surface area contributed by atoms with Crippen LogP contribution in [-0.4, -0.2) is 22.0 Å². The number of fused-ring (bicyclic) bond motifs is 2. The van der Waals surface area contributed by atoms with E-state index < -0.39 is 0 Å². The van der Waals surface area contributed by atoms with E-state index in [4.69, 9.17) is 9.15 Å². The summed E-state index contributed by atoms with van der Waals surface area (Å²) in [6, 6.07) is 22.3. The Labute approximate surface area is 202 Å². The standard InChI is InChI=1S/C28H25N3O4/c1-19-15-27(32)35-26-16-22(11-12-23(19)26)34-17-20-7-9-21(10-8-20)28(33)29-13-4-14-31-18-30-24-5-2-3-6-25(24)31/h2-3,5-12,15-16,18H,4,13-14,17H2,1H3,(H,29,33). The zero-order valence-corrected chi connectivity index (χ0v) is 19.4. The van der Waals surface area contributed by atoms with Gasteiger partial charge in [-0.05, 0) is 60.9 Å². The van der Waals surface area contributed by atoms with Gasteiger partial charge in [0, 0.05) is 36.2 Å². The van der Waals surface area contributed by atoms with Crippen LogP contribution >= 0.6 is 0 Å². The van der Waals surface area contributed by atoms with Gasteiger partial charge in [0.05, 0.1) is 17.4 Å². The minimum Gasteiger partial charge on any atom is -0.489 e. The van der Waals surface area contributed by atoms with Crippen LogP contribution in [-0.2, 0) is 13.2 Å². The molecule has 5 aromatic rings. The first-order valence-corrected chi connectivity index (χ1v) is 11.5. The van der Waals surface area contributed by atoms with E-state index in [-0.39, 0.29) is 11.5 Å². The van der Waals surface area contributed by atoms with Crippen LogP contribution in [0.3, 0.4) is 0 Å². The number of hydrogen-bond donors (Lipinski definition) is 1. The predicted molar refractivity (Wildman–Crippen MR) is 135 cm³/mol. The van der Waals surface area contributed by atoms with Crippen LogP contribution in [0.15, 0.2) is 88.3 Å². The maximum atomic E-state index is 12.5. The number of imidazole rings is 1. The Morgan fingerprint density at radius 1 is 1.06 bits per heavy atom. The Bertz CT molecular complexity index is 1550. The minimum atomic E-state index is -0.378. The van der Waals surface area contributed by atoms with Crippen LogP contribution in [0.5, 0.6) is 5.75 Å². The quantitative estimate of drug-likeness (QED) is 0.260. The zero-order chi connectivity index (χ0) is 24.2. The molecule has 5 rings (SSSR count). The van der Waals surface area contributed by atoms with Crippen molar-refractivity contribution in [3.05, 3.63) is 106 Å². The first kappa shape index (κ1) is 22.4. The third-order valence-corrected chi connectivity index (χ3v) is 5.93. The van der Waals surface area contributed by atoms with Crippen molar-refractivity contribution in [1.29, 1.82) is 0 Å². The van der Waals surface area contributed by atoms with Crippen molar-refractivity contribution in [3.63, 3.8) is 0 Å². The van der Waals surface area contributed by atoms with Crippen molar-refractivity contribution >= 4 is 27.9 Å². The molecular formula is C28H25N3O4. The fraction of sp³-hybridized carbons (Fsp3) is 0.179. The molecule has 2 aromatic heterocycles. The molecular weight excluding hydrogens is 442 g/mol. The summed E-state index contributed by atoms with van der Waals surface area (Å²) in [5.41, 5.74) is 4.59. The fourth-order valence-corrected chi connectivity index (χ4v) is 4.06. The Hall–Kier alpha value is -4.39. The number of ether oxygens (including phenoxy) is 1. The lowest BCUT2D eigenvalue weighted by Crippen LogP contribution is -2.25. The maximum absolute atomic E-state index is 12.5. The van der Waals surface area contributed by atoms with Crippen LogP contribution in [0.2, 0.25) is 0 Å². The smallest absolute Gasteiger partial charge is 0.336 e. The number of nitrogens with zero attached hydrogens (tertiary/aromatic N) is 2. The monoisotopic (exact) mass is 467 g/mol. The van der Waals surface area contributed by atoms with Gasteiger partial charge in [-0.15, -0.1) is 0 Å². The Balaban J connectivity index is 1.12. The lowest BCUT2D eigenvalue weighted by atomic mass is 10.1. The van der Waals surface area contributed by atoms with E-state index in [1.54, 1.807) is 18.2 Å². The Morgan fingerprint density at radius 2 is 1.89 bits per heavy atom. The van der Waals surface area contributed by atoms with E-state index in [1.807, 2.05) is 61.8 Å². The number of para-hydroxylation sites is 2. The fourth-order valence-electron chi connectivity index (χ4n) is 4.06. The highest BCUT2D eigenvalue weighted by Crippen LogP contribution is 2.23. The summed E-state index contributed by atoms with van der Waals surface area (Å²) in [5, 5.41) is 3.85. The lowest BCUT2D eigenvalue weighted by Gasteiger charge is -2.09. The first-order valence-electron chi connectivity index (χ1n) is 11.5. The van der Waals surface area contributed by atoms with Gasteiger partial charge < -0.3 is 19.0 Å². The van der Waals surface area contributed by atoms with Gasteiger partial charge in [0.1, 0.15) is 17.9 Å². The number of carbonyl (C=O) groups excluding carboxylic acids is 1. The number of hydrogen-bond acceptors (Lipinski definition) is 5. The second kappa shape index (κ2) is 9.85. The third kappa shape index (κ3) is 5.09. The highest BCUT2D eigenvalue weighted by molar-refractivity contribution is 5.94.